The highest BCUT2D eigenvalue weighted by atomic mass is 127. The molecule has 0 fully saturated rings. The second-order valence-electron chi connectivity index (χ2n) is 7.30. The molecule has 0 aliphatic rings. The van der Waals surface area contributed by atoms with Crippen molar-refractivity contribution >= 4 is 53.6 Å². The van der Waals surface area contributed by atoms with Gasteiger partial charge in [0.1, 0.15) is 12.1 Å². The quantitative estimate of drug-likeness (QED) is 0.126. The number of rotatable bonds is 9. The summed E-state index contributed by atoms with van der Waals surface area (Å²) >= 11 is 1.73. The van der Waals surface area contributed by atoms with E-state index in [2.05, 4.69) is 27.8 Å². The molecular weight excluding hydrogens is 503 g/mol. The van der Waals surface area contributed by atoms with Gasteiger partial charge in [0.2, 0.25) is 5.91 Å². The molecule has 1 rings (SSSR count). The first-order chi connectivity index (χ1) is 13.2. The van der Waals surface area contributed by atoms with E-state index in [4.69, 9.17) is 4.74 Å². The second kappa shape index (κ2) is 14.5. The minimum Gasteiger partial charge on any atom is -0.460 e. The van der Waals surface area contributed by atoms with Crippen molar-refractivity contribution < 1.29 is 14.3 Å². The maximum Gasteiger partial charge on any atom is 0.308 e. The van der Waals surface area contributed by atoms with Crippen LogP contribution in [-0.2, 0) is 14.3 Å². The molecule has 2 N–H and O–H groups in total. The van der Waals surface area contributed by atoms with Gasteiger partial charge in [0.15, 0.2) is 5.96 Å². The van der Waals surface area contributed by atoms with Gasteiger partial charge in [0.05, 0.1) is 6.42 Å². The summed E-state index contributed by atoms with van der Waals surface area (Å²) in [6, 6.07) is 10.1. The molecule has 0 aromatic heterocycles. The number of carbonyl (C=O) groups is 2. The van der Waals surface area contributed by atoms with E-state index < -0.39 is 5.60 Å². The van der Waals surface area contributed by atoms with Crippen LogP contribution in [0.25, 0.3) is 0 Å². The summed E-state index contributed by atoms with van der Waals surface area (Å²) in [5.41, 5.74) is -0.501. The van der Waals surface area contributed by atoms with Crippen LogP contribution in [0.1, 0.15) is 27.2 Å². The number of hydrogen-bond acceptors (Lipinski definition) is 5. The summed E-state index contributed by atoms with van der Waals surface area (Å²) in [5, 5.41) is 6.29. The van der Waals surface area contributed by atoms with E-state index in [1.165, 1.54) is 9.80 Å². The lowest BCUT2D eigenvalue weighted by atomic mass is 10.2. The molecule has 1 aromatic rings. The lowest BCUT2D eigenvalue weighted by molar-refractivity contribution is -0.154. The highest BCUT2D eigenvalue weighted by molar-refractivity contribution is 14.0. The van der Waals surface area contributed by atoms with Gasteiger partial charge in [-0.15, -0.1) is 35.7 Å². The zero-order valence-electron chi connectivity index (χ0n) is 17.9. The van der Waals surface area contributed by atoms with E-state index in [-0.39, 0.29) is 48.8 Å². The lowest BCUT2D eigenvalue weighted by Gasteiger charge is -2.19. The molecule has 0 saturated carbocycles. The third kappa shape index (κ3) is 14.2. The largest absolute Gasteiger partial charge is 0.460 e. The van der Waals surface area contributed by atoms with Crippen molar-refractivity contribution in [1.82, 2.24) is 15.5 Å². The lowest BCUT2D eigenvalue weighted by Crippen LogP contribution is -2.40. The minimum absolute atomic E-state index is 0. The fraction of sp³-hybridized carbons (Fsp3) is 0.550. The van der Waals surface area contributed by atoms with Crippen LogP contribution < -0.4 is 10.6 Å². The summed E-state index contributed by atoms with van der Waals surface area (Å²) in [6.07, 6.45) is 0.221. The van der Waals surface area contributed by atoms with E-state index in [9.17, 15) is 9.59 Å². The molecule has 164 valence electrons. The highest BCUT2D eigenvalue weighted by Gasteiger charge is 2.15. The van der Waals surface area contributed by atoms with Gasteiger partial charge in [-0.3, -0.25) is 9.59 Å². The number of amides is 1. The zero-order valence-corrected chi connectivity index (χ0v) is 21.0. The van der Waals surface area contributed by atoms with E-state index in [0.717, 1.165) is 5.75 Å². The number of ether oxygens (including phenoxy) is 1. The van der Waals surface area contributed by atoms with Crippen LogP contribution in [0.5, 0.6) is 0 Å². The maximum absolute atomic E-state index is 11.8. The SMILES string of the molecule is CN(C)C(=O)CN=C(NCCSc1ccccc1)NCCC(=O)OC(C)(C)C.I. The fourth-order valence-corrected chi connectivity index (χ4v) is 2.78. The molecule has 0 unspecified atom stereocenters. The Hall–Kier alpha value is -1.49. The maximum atomic E-state index is 11.8. The van der Waals surface area contributed by atoms with Gasteiger partial charge >= 0.3 is 5.97 Å². The molecular formula is C20H33IN4O3S. The van der Waals surface area contributed by atoms with Crippen LogP contribution in [-0.4, -0.2) is 67.8 Å². The van der Waals surface area contributed by atoms with Crippen molar-refractivity contribution in [1.29, 1.82) is 0 Å². The van der Waals surface area contributed by atoms with Crippen molar-refractivity contribution in [2.45, 2.75) is 37.7 Å². The molecule has 0 aliphatic heterocycles. The Morgan fingerprint density at radius 1 is 1.10 bits per heavy atom. The highest BCUT2D eigenvalue weighted by Crippen LogP contribution is 2.15. The first-order valence-corrected chi connectivity index (χ1v) is 10.3. The third-order valence-corrected chi connectivity index (χ3v) is 4.33. The molecule has 0 bridgehead atoms. The number of thioether (sulfide) groups is 1. The molecule has 0 atom stereocenters. The molecule has 9 heteroatoms. The number of carbonyl (C=O) groups excluding carboxylic acids is 2. The van der Waals surface area contributed by atoms with E-state index in [0.29, 0.717) is 19.0 Å². The Morgan fingerprint density at radius 3 is 2.31 bits per heavy atom. The number of benzene rings is 1. The Kier molecular flexibility index (Phi) is 13.7. The van der Waals surface area contributed by atoms with Crippen molar-refractivity contribution in [2.24, 2.45) is 4.99 Å². The van der Waals surface area contributed by atoms with Gasteiger partial charge in [-0.05, 0) is 32.9 Å². The number of halogens is 1. The zero-order chi connectivity index (χ0) is 21.0. The summed E-state index contributed by atoms with van der Waals surface area (Å²) in [6.45, 7) is 6.61. The van der Waals surface area contributed by atoms with Crippen LogP contribution in [0.2, 0.25) is 0 Å². The number of nitrogens with zero attached hydrogens (tertiary/aromatic N) is 2. The summed E-state index contributed by atoms with van der Waals surface area (Å²) in [5.74, 6) is 0.987. The molecule has 7 nitrogen and oxygen atoms in total. The standard InChI is InChI=1S/C20H32N4O3S.HI/c1-20(2,3)27-18(26)11-12-21-19(23-15-17(25)24(4)5)22-13-14-28-16-9-7-6-8-10-16;/h6-10H,11-15H2,1-5H3,(H2,21,22,23);1H. The van der Waals surface area contributed by atoms with Crippen molar-refractivity contribution in [3.05, 3.63) is 30.3 Å². The summed E-state index contributed by atoms with van der Waals surface area (Å²) in [7, 11) is 3.38. The topological polar surface area (TPSA) is 83.0 Å². The third-order valence-electron chi connectivity index (χ3n) is 3.32. The van der Waals surface area contributed by atoms with Crippen LogP contribution >= 0.6 is 35.7 Å². The van der Waals surface area contributed by atoms with Gasteiger partial charge in [-0.1, -0.05) is 18.2 Å². The van der Waals surface area contributed by atoms with Gasteiger partial charge in [0, 0.05) is 37.8 Å². The van der Waals surface area contributed by atoms with Crippen molar-refractivity contribution in [3.8, 4) is 0 Å². The summed E-state index contributed by atoms with van der Waals surface area (Å²) in [4.78, 5) is 30.6. The Morgan fingerprint density at radius 2 is 1.72 bits per heavy atom. The average molecular weight is 536 g/mol. The van der Waals surface area contributed by atoms with Crippen molar-refractivity contribution in [3.63, 3.8) is 0 Å². The molecule has 0 radical (unpaired) electrons. The van der Waals surface area contributed by atoms with Gasteiger partial charge in [-0.2, -0.15) is 0 Å². The number of hydrogen-bond donors (Lipinski definition) is 2. The normalized spacial score (nSPS) is 11.3. The van der Waals surface area contributed by atoms with E-state index >= 15 is 0 Å². The molecule has 1 aromatic carbocycles. The number of esters is 1. The molecule has 0 aliphatic carbocycles. The van der Waals surface area contributed by atoms with Crippen LogP contribution in [0.4, 0.5) is 0 Å². The van der Waals surface area contributed by atoms with Gasteiger partial charge < -0.3 is 20.3 Å². The van der Waals surface area contributed by atoms with E-state index in [1.54, 1.807) is 25.9 Å². The minimum atomic E-state index is -0.501. The molecule has 1 amide bonds. The fourth-order valence-electron chi connectivity index (χ4n) is 1.99. The predicted octanol–water partition coefficient (Wildman–Crippen LogP) is 2.75. The number of aliphatic imine (C=N–C) groups is 1. The second-order valence-corrected chi connectivity index (χ2v) is 8.47. The smallest absolute Gasteiger partial charge is 0.308 e. The average Bonchev–Trinajstić information content (AvgIpc) is 2.61. The van der Waals surface area contributed by atoms with Crippen LogP contribution in [0.15, 0.2) is 40.2 Å². The van der Waals surface area contributed by atoms with Crippen LogP contribution in [0.3, 0.4) is 0 Å². The Bertz CT molecular complexity index is 649. The van der Waals surface area contributed by atoms with Gasteiger partial charge in [0.25, 0.3) is 0 Å². The number of nitrogens with one attached hydrogen (secondary N) is 2. The van der Waals surface area contributed by atoms with Crippen LogP contribution in [0, 0.1) is 0 Å². The van der Waals surface area contributed by atoms with Gasteiger partial charge in [-0.25, -0.2) is 4.99 Å². The molecule has 0 saturated heterocycles. The molecule has 0 spiro atoms. The predicted molar refractivity (Wildman–Crippen MR) is 130 cm³/mol. The summed E-state index contributed by atoms with van der Waals surface area (Å²) < 4.78 is 5.29. The Balaban J connectivity index is 0.00000784. The molecule has 0 heterocycles. The first-order valence-electron chi connectivity index (χ1n) is 9.29. The molecule has 29 heavy (non-hydrogen) atoms. The number of likely N-dealkylation sites (N-methyl/N-ethyl adjacent to an activating group) is 1. The Labute approximate surface area is 195 Å². The number of guanidine groups is 1. The van der Waals surface area contributed by atoms with Crippen molar-refractivity contribution in [2.75, 3.05) is 39.5 Å². The first kappa shape index (κ1) is 27.5. The monoisotopic (exact) mass is 536 g/mol. The van der Waals surface area contributed by atoms with E-state index in [1.807, 2.05) is 39.0 Å².